The average Bonchev–Trinajstić information content (AvgIpc) is 2.45. The highest BCUT2D eigenvalue weighted by Gasteiger charge is 2.30. The van der Waals surface area contributed by atoms with Crippen LogP contribution in [0.3, 0.4) is 0 Å². The van der Waals surface area contributed by atoms with Crippen molar-refractivity contribution in [3.63, 3.8) is 0 Å². The zero-order valence-electron chi connectivity index (χ0n) is 10.8. The van der Waals surface area contributed by atoms with Crippen LogP contribution in [0.1, 0.15) is 11.1 Å². The van der Waals surface area contributed by atoms with Crippen LogP contribution < -0.4 is 10.2 Å². The molecule has 2 aromatic rings. The summed E-state index contributed by atoms with van der Waals surface area (Å²) in [6.07, 6.45) is -4.38. The number of halogens is 3. The molecule has 0 atom stereocenters. The van der Waals surface area contributed by atoms with E-state index in [9.17, 15) is 23.2 Å². The Morgan fingerprint density at radius 1 is 0.952 bits per heavy atom. The molecule has 0 amide bonds. The number of benzene rings is 2. The second-order valence-corrected chi connectivity index (χ2v) is 4.38. The minimum Gasteiger partial charge on any atom is -0.489 e. The fourth-order valence-electron chi connectivity index (χ4n) is 1.82. The summed E-state index contributed by atoms with van der Waals surface area (Å²) in [5.41, 5.74) is 0.0952. The molecule has 0 unspecified atom stereocenters. The van der Waals surface area contributed by atoms with Gasteiger partial charge < -0.3 is 14.8 Å². The van der Waals surface area contributed by atoms with Gasteiger partial charge in [-0.25, -0.2) is 0 Å². The topological polar surface area (TPSA) is 49.7 Å². The highest BCUT2D eigenvalue weighted by Crippen LogP contribution is 2.30. The van der Waals surface area contributed by atoms with Crippen LogP contribution in [0.15, 0.2) is 48.5 Å². The molecule has 0 spiro atoms. The summed E-state index contributed by atoms with van der Waals surface area (Å²) in [6, 6.07) is 10.9. The summed E-state index contributed by atoms with van der Waals surface area (Å²) >= 11 is 0. The summed E-state index contributed by atoms with van der Waals surface area (Å²) in [5.74, 6) is 0.269. The molecule has 2 N–H and O–H groups in total. The van der Waals surface area contributed by atoms with E-state index in [1.54, 1.807) is 18.2 Å². The van der Waals surface area contributed by atoms with Gasteiger partial charge in [0.25, 0.3) is 0 Å². The van der Waals surface area contributed by atoms with Crippen molar-refractivity contribution in [1.29, 1.82) is 0 Å². The summed E-state index contributed by atoms with van der Waals surface area (Å²) < 4.78 is 42.6. The van der Waals surface area contributed by atoms with E-state index < -0.39 is 18.9 Å². The molecule has 0 aliphatic carbocycles. The lowest BCUT2D eigenvalue weighted by atomic mass is 9.77. The minimum absolute atomic E-state index is 0.0269. The molecular weight excluding hydrogens is 284 g/mol. The quantitative estimate of drug-likeness (QED) is 0.848. The molecule has 21 heavy (non-hydrogen) atoms. The van der Waals surface area contributed by atoms with Crippen LogP contribution in [0.2, 0.25) is 0 Å². The van der Waals surface area contributed by atoms with Crippen molar-refractivity contribution < 1.29 is 28.0 Å². The monoisotopic (exact) mass is 296 g/mol. The molecule has 110 valence electrons. The van der Waals surface area contributed by atoms with Gasteiger partial charge in [-0.3, -0.25) is 0 Å². The van der Waals surface area contributed by atoms with Gasteiger partial charge in [0.05, 0.1) is 5.56 Å². The first kappa shape index (κ1) is 15.4. The van der Waals surface area contributed by atoms with Crippen LogP contribution in [0, 0.1) is 0 Å². The number of rotatable bonds is 4. The van der Waals surface area contributed by atoms with Crippen LogP contribution >= 0.6 is 0 Å². The molecule has 2 rings (SSSR count). The van der Waals surface area contributed by atoms with Gasteiger partial charge in [0, 0.05) is 0 Å². The third-order valence-corrected chi connectivity index (χ3v) is 2.91. The van der Waals surface area contributed by atoms with Crippen molar-refractivity contribution in [3.05, 3.63) is 59.7 Å². The number of hydrogen-bond acceptors (Lipinski definition) is 3. The highest BCUT2D eigenvalue weighted by molar-refractivity contribution is 6.59. The van der Waals surface area contributed by atoms with Gasteiger partial charge in [-0.2, -0.15) is 13.2 Å². The highest BCUT2D eigenvalue weighted by atomic mass is 19.4. The lowest BCUT2D eigenvalue weighted by Crippen LogP contribution is -2.33. The fraction of sp³-hybridized carbons (Fsp3) is 0.143. The summed E-state index contributed by atoms with van der Waals surface area (Å²) in [5, 5.41) is 18.4. The van der Waals surface area contributed by atoms with Gasteiger partial charge in [0.2, 0.25) is 0 Å². The van der Waals surface area contributed by atoms with Gasteiger partial charge in [-0.1, -0.05) is 24.3 Å². The molecule has 0 fully saturated rings. The molecule has 3 nitrogen and oxygen atoms in total. The van der Waals surface area contributed by atoms with Crippen molar-refractivity contribution in [3.8, 4) is 5.75 Å². The molecule has 0 radical (unpaired) electrons. The molecule has 0 aliphatic heterocycles. The predicted molar refractivity (Wildman–Crippen MR) is 72.0 cm³/mol. The molecule has 0 saturated heterocycles. The van der Waals surface area contributed by atoms with Gasteiger partial charge in [-0.15, -0.1) is 0 Å². The van der Waals surface area contributed by atoms with Gasteiger partial charge >= 0.3 is 13.3 Å². The Kier molecular flexibility index (Phi) is 4.54. The summed E-state index contributed by atoms with van der Waals surface area (Å²) in [7, 11) is -1.63. The molecule has 7 heteroatoms. The Morgan fingerprint density at radius 2 is 1.57 bits per heavy atom. The fourth-order valence-corrected chi connectivity index (χ4v) is 1.82. The molecule has 0 aliphatic rings. The summed E-state index contributed by atoms with van der Waals surface area (Å²) in [6.45, 7) is 0.0269. The van der Waals surface area contributed by atoms with Crippen LogP contribution in [0.25, 0.3) is 0 Å². The minimum atomic E-state index is -4.38. The molecule has 2 aromatic carbocycles. The smallest absolute Gasteiger partial charge is 0.488 e. The molecular formula is C14H12BF3O3. The standard InChI is InChI=1S/C14H12BF3O3/c16-14(17,18)11-5-7-12(8-6-11)21-9-10-3-1-2-4-13(10)15(19)20/h1-8,19-20H,9H2. The molecule has 0 aromatic heterocycles. The van der Waals surface area contributed by atoms with Gasteiger partial charge in [0.1, 0.15) is 12.4 Å². The largest absolute Gasteiger partial charge is 0.489 e. The van der Waals surface area contributed by atoms with E-state index >= 15 is 0 Å². The van der Waals surface area contributed by atoms with E-state index in [4.69, 9.17) is 4.74 Å². The van der Waals surface area contributed by atoms with Gasteiger partial charge in [0.15, 0.2) is 0 Å². The van der Waals surface area contributed by atoms with E-state index in [0.29, 0.717) is 11.0 Å². The normalized spacial score (nSPS) is 11.3. The van der Waals surface area contributed by atoms with Crippen LogP contribution in [0.5, 0.6) is 5.75 Å². The maximum absolute atomic E-state index is 12.4. The van der Waals surface area contributed by atoms with Crippen LogP contribution in [-0.2, 0) is 12.8 Å². The second-order valence-electron chi connectivity index (χ2n) is 4.38. The maximum Gasteiger partial charge on any atom is 0.488 e. The first-order valence-corrected chi connectivity index (χ1v) is 6.12. The van der Waals surface area contributed by atoms with Crippen molar-refractivity contribution >= 4 is 12.6 Å². The van der Waals surface area contributed by atoms with Crippen molar-refractivity contribution in [2.24, 2.45) is 0 Å². The third kappa shape index (κ3) is 3.99. The Balaban J connectivity index is 2.07. The predicted octanol–water partition coefficient (Wildman–Crippen LogP) is 1.96. The first-order chi connectivity index (χ1) is 9.88. The first-order valence-electron chi connectivity index (χ1n) is 6.12. The van der Waals surface area contributed by atoms with E-state index in [1.165, 1.54) is 18.2 Å². The molecule has 0 heterocycles. The Morgan fingerprint density at radius 3 is 2.14 bits per heavy atom. The zero-order chi connectivity index (χ0) is 15.5. The van der Waals surface area contributed by atoms with Crippen LogP contribution in [-0.4, -0.2) is 17.2 Å². The molecule has 0 bridgehead atoms. The Hall–Kier alpha value is -1.99. The lowest BCUT2D eigenvalue weighted by molar-refractivity contribution is -0.137. The average molecular weight is 296 g/mol. The maximum atomic E-state index is 12.4. The van der Waals surface area contributed by atoms with E-state index in [-0.39, 0.29) is 12.4 Å². The van der Waals surface area contributed by atoms with E-state index in [0.717, 1.165) is 12.1 Å². The van der Waals surface area contributed by atoms with E-state index in [1.807, 2.05) is 0 Å². The van der Waals surface area contributed by atoms with Crippen LogP contribution in [0.4, 0.5) is 13.2 Å². The Labute approximate surface area is 119 Å². The number of ether oxygens (including phenoxy) is 1. The number of alkyl halides is 3. The van der Waals surface area contributed by atoms with E-state index in [2.05, 4.69) is 0 Å². The van der Waals surface area contributed by atoms with Crippen molar-refractivity contribution in [2.75, 3.05) is 0 Å². The third-order valence-electron chi connectivity index (χ3n) is 2.91. The zero-order valence-corrected chi connectivity index (χ0v) is 10.8. The SMILES string of the molecule is OB(O)c1ccccc1COc1ccc(C(F)(F)F)cc1. The number of hydrogen-bond donors (Lipinski definition) is 2. The summed E-state index contributed by atoms with van der Waals surface area (Å²) in [4.78, 5) is 0. The van der Waals surface area contributed by atoms with Gasteiger partial charge in [-0.05, 0) is 35.3 Å². The lowest BCUT2D eigenvalue weighted by Gasteiger charge is -2.11. The second kappa shape index (κ2) is 6.20. The molecule has 0 saturated carbocycles. The van der Waals surface area contributed by atoms with Crippen molar-refractivity contribution in [2.45, 2.75) is 12.8 Å². The Bertz CT molecular complexity index is 597. The van der Waals surface area contributed by atoms with Crippen molar-refractivity contribution in [1.82, 2.24) is 0 Å².